The second-order valence-corrected chi connectivity index (χ2v) is 5.22. The quantitative estimate of drug-likeness (QED) is 0.604. The molecular weight excluding hydrogens is 348 g/mol. The number of nitrogens with one attached hydrogen (secondary N) is 1. The molecule has 0 saturated heterocycles. The van der Waals surface area contributed by atoms with Crippen molar-refractivity contribution in [2.45, 2.75) is 13.0 Å². The fraction of sp³-hybridized carbons (Fsp3) is 0.167. The van der Waals surface area contributed by atoms with E-state index in [1.807, 2.05) is 0 Å². The molecule has 0 aliphatic heterocycles. The van der Waals surface area contributed by atoms with E-state index in [1.165, 1.54) is 31.2 Å². The second kappa shape index (κ2) is 8.70. The molecule has 1 atom stereocenters. The summed E-state index contributed by atoms with van der Waals surface area (Å²) in [4.78, 5) is 34.2. The number of carbonyl (C=O) groups excluding carboxylic acids is 3. The fourth-order valence-electron chi connectivity index (χ4n) is 1.89. The standard InChI is InChI=1S/C18H15F2NO5/c1-11(18(24)21-16-7-4-13(19)8-15(16)20)26-17(23)10-25-14-5-2-12(9-22)3-6-14/h2-9,11H,10H2,1H3,(H,21,24)/t11-/m0/s1. The predicted molar refractivity (Wildman–Crippen MR) is 87.9 cm³/mol. The van der Waals surface area contributed by atoms with E-state index in [0.717, 1.165) is 12.1 Å². The van der Waals surface area contributed by atoms with Crippen LogP contribution in [0.5, 0.6) is 5.75 Å². The van der Waals surface area contributed by atoms with Gasteiger partial charge in [-0.05, 0) is 43.3 Å². The molecule has 0 heterocycles. The summed E-state index contributed by atoms with van der Waals surface area (Å²) in [5.74, 6) is -2.97. The molecule has 0 bridgehead atoms. The molecule has 0 spiro atoms. The zero-order chi connectivity index (χ0) is 19.1. The lowest BCUT2D eigenvalue weighted by molar-refractivity contribution is -0.155. The summed E-state index contributed by atoms with van der Waals surface area (Å²) in [6.07, 6.45) is -0.546. The maximum atomic E-state index is 13.5. The van der Waals surface area contributed by atoms with Gasteiger partial charge in [0.2, 0.25) is 0 Å². The molecule has 1 N–H and O–H groups in total. The summed E-state index contributed by atoms with van der Waals surface area (Å²) in [5, 5.41) is 2.20. The highest BCUT2D eigenvalue weighted by Crippen LogP contribution is 2.15. The van der Waals surface area contributed by atoms with Crippen LogP contribution < -0.4 is 10.1 Å². The molecule has 26 heavy (non-hydrogen) atoms. The normalized spacial score (nSPS) is 11.3. The van der Waals surface area contributed by atoms with Crippen LogP contribution in [0.25, 0.3) is 0 Å². The Morgan fingerprint density at radius 2 is 1.85 bits per heavy atom. The number of amides is 1. The maximum Gasteiger partial charge on any atom is 0.344 e. The molecule has 0 fully saturated rings. The van der Waals surface area contributed by atoms with Gasteiger partial charge in [-0.15, -0.1) is 0 Å². The van der Waals surface area contributed by atoms with Gasteiger partial charge in [-0.25, -0.2) is 13.6 Å². The Labute approximate surface area is 147 Å². The first-order valence-electron chi connectivity index (χ1n) is 7.52. The average molecular weight is 363 g/mol. The van der Waals surface area contributed by atoms with Crippen molar-refractivity contribution in [3.05, 3.63) is 59.7 Å². The molecule has 0 aromatic heterocycles. The first-order chi connectivity index (χ1) is 12.4. The van der Waals surface area contributed by atoms with E-state index in [4.69, 9.17) is 9.47 Å². The Morgan fingerprint density at radius 1 is 1.15 bits per heavy atom. The summed E-state index contributed by atoms with van der Waals surface area (Å²) in [7, 11) is 0. The molecule has 0 aliphatic carbocycles. The van der Waals surface area contributed by atoms with Crippen LogP contribution in [-0.2, 0) is 14.3 Å². The average Bonchev–Trinajstić information content (AvgIpc) is 2.62. The summed E-state index contributed by atoms with van der Waals surface area (Å²) in [6, 6.07) is 8.70. The minimum atomic E-state index is -1.21. The van der Waals surface area contributed by atoms with Gasteiger partial charge in [0.05, 0.1) is 5.69 Å². The topological polar surface area (TPSA) is 81.7 Å². The highest BCUT2D eigenvalue weighted by molar-refractivity contribution is 5.95. The van der Waals surface area contributed by atoms with Crippen LogP contribution in [-0.4, -0.2) is 30.9 Å². The molecule has 0 radical (unpaired) electrons. The monoisotopic (exact) mass is 363 g/mol. The predicted octanol–water partition coefficient (Wildman–Crippen LogP) is 2.73. The highest BCUT2D eigenvalue weighted by atomic mass is 19.1. The summed E-state index contributed by atoms with van der Waals surface area (Å²) >= 11 is 0. The van der Waals surface area contributed by atoms with Crippen molar-refractivity contribution in [1.29, 1.82) is 0 Å². The van der Waals surface area contributed by atoms with Gasteiger partial charge in [-0.2, -0.15) is 0 Å². The van der Waals surface area contributed by atoms with Crippen molar-refractivity contribution >= 4 is 23.9 Å². The molecule has 136 valence electrons. The van der Waals surface area contributed by atoms with Gasteiger partial charge in [-0.3, -0.25) is 9.59 Å². The zero-order valence-corrected chi connectivity index (χ0v) is 13.7. The Morgan fingerprint density at radius 3 is 2.46 bits per heavy atom. The van der Waals surface area contributed by atoms with E-state index in [2.05, 4.69) is 5.32 Å². The van der Waals surface area contributed by atoms with Crippen LogP contribution in [0.15, 0.2) is 42.5 Å². The van der Waals surface area contributed by atoms with Gasteiger partial charge in [0.15, 0.2) is 12.7 Å². The highest BCUT2D eigenvalue weighted by Gasteiger charge is 2.19. The van der Waals surface area contributed by atoms with E-state index in [1.54, 1.807) is 0 Å². The van der Waals surface area contributed by atoms with Gasteiger partial charge in [-0.1, -0.05) is 0 Å². The lowest BCUT2D eigenvalue weighted by Crippen LogP contribution is -2.32. The minimum Gasteiger partial charge on any atom is -0.482 e. The van der Waals surface area contributed by atoms with Gasteiger partial charge >= 0.3 is 5.97 Å². The van der Waals surface area contributed by atoms with E-state index < -0.39 is 36.2 Å². The Bertz CT molecular complexity index is 808. The number of rotatable bonds is 7. The third kappa shape index (κ3) is 5.37. The fourth-order valence-corrected chi connectivity index (χ4v) is 1.89. The smallest absolute Gasteiger partial charge is 0.344 e. The number of anilines is 1. The van der Waals surface area contributed by atoms with E-state index in [9.17, 15) is 23.2 Å². The molecule has 2 rings (SSSR count). The van der Waals surface area contributed by atoms with Crippen molar-refractivity contribution in [1.82, 2.24) is 0 Å². The number of halogens is 2. The molecule has 6 nitrogen and oxygen atoms in total. The van der Waals surface area contributed by atoms with E-state index in [-0.39, 0.29) is 5.69 Å². The molecule has 2 aromatic carbocycles. The first-order valence-corrected chi connectivity index (χ1v) is 7.52. The summed E-state index contributed by atoms with van der Waals surface area (Å²) < 4.78 is 36.4. The van der Waals surface area contributed by atoms with Crippen molar-refractivity contribution < 1.29 is 32.6 Å². The molecule has 8 heteroatoms. The number of ether oxygens (including phenoxy) is 2. The number of carbonyl (C=O) groups is 3. The van der Waals surface area contributed by atoms with Gasteiger partial charge in [0, 0.05) is 11.6 Å². The van der Waals surface area contributed by atoms with Crippen molar-refractivity contribution in [2.24, 2.45) is 0 Å². The van der Waals surface area contributed by atoms with Gasteiger partial charge < -0.3 is 14.8 Å². The Kier molecular flexibility index (Phi) is 6.37. The van der Waals surface area contributed by atoms with Crippen LogP contribution in [0.1, 0.15) is 17.3 Å². The van der Waals surface area contributed by atoms with E-state index in [0.29, 0.717) is 23.7 Å². The number of hydrogen-bond acceptors (Lipinski definition) is 5. The molecule has 0 unspecified atom stereocenters. The molecular formula is C18H15F2NO5. The number of hydrogen-bond donors (Lipinski definition) is 1. The molecule has 0 aliphatic rings. The minimum absolute atomic E-state index is 0.231. The van der Waals surface area contributed by atoms with Crippen LogP contribution in [0, 0.1) is 11.6 Å². The number of benzene rings is 2. The lowest BCUT2D eigenvalue weighted by atomic mass is 10.2. The first kappa shape index (κ1) is 19.0. The van der Waals surface area contributed by atoms with Crippen LogP contribution in [0.4, 0.5) is 14.5 Å². The van der Waals surface area contributed by atoms with Crippen molar-refractivity contribution in [2.75, 3.05) is 11.9 Å². The van der Waals surface area contributed by atoms with Crippen molar-refractivity contribution in [3.8, 4) is 5.75 Å². The molecule has 2 aromatic rings. The van der Waals surface area contributed by atoms with Crippen LogP contribution in [0.3, 0.4) is 0 Å². The second-order valence-electron chi connectivity index (χ2n) is 5.22. The van der Waals surface area contributed by atoms with E-state index >= 15 is 0 Å². The largest absolute Gasteiger partial charge is 0.482 e. The van der Waals surface area contributed by atoms with Crippen molar-refractivity contribution in [3.63, 3.8) is 0 Å². The maximum absolute atomic E-state index is 13.5. The van der Waals surface area contributed by atoms with Crippen LogP contribution in [0.2, 0.25) is 0 Å². The third-order valence-corrected chi connectivity index (χ3v) is 3.24. The van der Waals surface area contributed by atoms with Gasteiger partial charge in [0.1, 0.15) is 23.7 Å². The lowest BCUT2D eigenvalue weighted by Gasteiger charge is -2.14. The zero-order valence-electron chi connectivity index (χ0n) is 13.7. The number of esters is 1. The van der Waals surface area contributed by atoms with Crippen LogP contribution >= 0.6 is 0 Å². The number of aldehydes is 1. The third-order valence-electron chi connectivity index (χ3n) is 3.24. The Hall–Kier alpha value is -3.29. The van der Waals surface area contributed by atoms with Gasteiger partial charge in [0.25, 0.3) is 5.91 Å². The summed E-state index contributed by atoms with van der Waals surface area (Å²) in [6.45, 7) is 0.844. The summed E-state index contributed by atoms with van der Waals surface area (Å²) in [5.41, 5.74) is 0.226. The molecule has 1 amide bonds. The molecule has 0 saturated carbocycles. The SMILES string of the molecule is C[C@H](OC(=O)COc1ccc(C=O)cc1)C(=O)Nc1ccc(F)cc1F. The Balaban J connectivity index is 1.83.